The second-order valence-corrected chi connectivity index (χ2v) is 6.50. The molecule has 1 aromatic heterocycles. The lowest BCUT2D eigenvalue weighted by atomic mass is 10.1. The van der Waals surface area contributed by atoms with Gasteiger partial charge in [-0.3, -0.25) is 9.69 Å². The zero-order valence-electron chi connectivity index (χ0n) is 14.1. The summed E-state index contributed by atoms with van der Waals surface area (Å²) in [4.78, 5) is 14.7. The highest BCUT2D eigenvalue weighted by Crippen LogP contribution is 2.22. The van der Waals surface area contributed by atoms with Crippen LogP contribution in [0.25, 0.3) is 0 Å². The number of aryl methyl sites for hydroxylation is 1. The Kier molecular flexibility index (Phi) is 5.27. The molecule has 2 unspecified atom stereocenters. The average Bonchev–Trinajstić information content (AvgIpc) is 3.25. The van der Waals surface area contributed by atoms with Gasteiger partial charge in [0.2, 0.25) is 5.91 Å². The van der Waals surface area contributed by atoms with Crippen LogP contribution in [0.4, 0.5) is 0 Å². The molecule has 1 aliphatic heterocycles. The van der Waals surface area contributed by atoms with Crippen LogP contribution < -0.4 is 5.32 Å². The lowest BCUT2D eigenvalue weighted by Gasteiger charge is -2.36. The highest BCUT2D eigenvalue weighted by atomic mass is 16.5. The molecule has 2 fully saturated rings. The van der Waals surface area contributed by atoms with E-state index in [0.29, 0.717) is 19.2 Å². The van der Waals surface area contributed by atoms with Gasteiger partial charge in [-0.05, 0) is 26.7 Å². The van der Waals surface area contributed by atoms with Crippen LogP contribution in [0.1, 0.15) is 51.5 Å². The van der Waals surface area contributed by atoms with E-state index in [4.69, 9.17) is 4.74 Å². The number of ether oxygens (including phenoxy) is 1. The summed E-state index contributed by atoms with van der Waals surface area (Å²) in [5, 5.41) is 11.4. The minimum absolute atomic E-state index is 0.118. The largest absolute Gasteiger partial charge is 0.368 e. The van der Waals surface area contributed by atoms with E-state index < -0.39 is 0 Å². The average molecular weight is 321 g/mol. The Labute approximate surface area is 137 Å². The Morgan fingerprint density at radius 2 is 2.26 bits per heavy atom. The topological polar surface area (TPSA) is 72.3 Å². The second-order valence-electron chi connectivity index (χ2n) is 6.50. The number of nitrogens with zero attached hydrogens (tertiary/aromatic N) is 4. The molecule has 0 spiro atoms. The van der Waals surface area contributed by atoms with Gasteiger partial charge >= 0.3 is 0 Å². The van der Waals surface area contributed by atoms with Crippen molar-refractivity contribution in [2.75, 3.05) is 19.7 Å². The molecule has 0 bridgehead atoms. The number of morpholine rings is 1. The van der Waals surface area contributed by atoms with Crippen molar-refractivity contribution in [1.29, 1.82) is 0 Å². The molecule has 3 rings (SSSR count). The lowest BCUT2D eigenvalue weighted by molar-refractivity contribution is -0.130. The van der Waals surface area contributed by atoms with Crippen LogP contribution in [0.2, 0.25) is 0 Å². The van der Waals surface area contributed by atoms with Crippen LogP contribution in [0, 0.1) is 0 Å². The minimum atomic E-state index is -0.139. The number of carbonyl (C=O) groups is 1. The molecule has 23 heavy (non-hydrogen) atoms. The van der Waals surface area contributed by atoms with Crippen molar-refractivity contribution < 1.29 is 9.53 Å². The van der Waals surface area contributed by atoms with Gasteiger partial charge in [0, 0.05) is 25.7 Å². The van der Waals surface area contributed by atoms with Crippen LogP contribution in [0.15, 0.2) is 6.33 Å². The van der Waals surface area contributed by atoms with Crippen molar-refractivity contribution in [2.45, 2.75) is 64.3 Å². The normalized spacial score (nSPS) is 24.7. The van der Waals surface area contributed by atoms with Crippen molar-refractivity contribution in [3.63, 3.8) is 0 Å². The molecule has 1 saturated carbocycles. The monoisotopic (exact) mass is 321 g/mol. The summed E-state index contributed by atoms with van der Waals surface area (Å²) in [5.41, 5.74) is 0. The van der Waals surface area contributed by atoms with Gasteiger partial charge in [-0.2, -0.15) is 0 Å². The van der Waals surface area contributed by atoms with Crippen molar-refractivity contribution in [2.24, 2.45) is 0 Å². The van der Waals surface area contributed by atoms with E-state index in [-0.39, 0.29) is 18.1 Å². The number of amides is 1. The maximum Gasteiger partial charge on any atom is 0.237 e. The van der Waals surface area contributed by atoms with E-state index in [2.05, 4.69) is 27.3 Å². The molecule has 0 aromatic carbocycles. The van der Waals surface area contributed by atoms with Crippen molar-refractivity contribution in [3.05, 3.63) is 12.2 Å². The molecule has 2 atom stereocenters. The molecule has 1 aliphatic carbocycles. The minimum Gasteiger partial charge on any atom is -0.368 e. The summed E-state index contributed by atoms with van der Waals surface area (Å²) in [6.45, 7) is 6.93. The number of carbonyl (C=O) groups excluding carboxylic acids is 1. The zero-order valence-corrected chi connectivity index (χ0v) is 14.1. The van der Waals surface area contributed by atoms with Gasteiger partial charge in [0.1, 0.15) is 12.4 Å². The van der Waals surface area contributed by atoms with Gasteiger partial charge in [-0.25, -0.2) is 0 Å². The smallest absolute Gasteiger partial charge is 0.237 e. The fraction of sp³-hybridized carbons (Fsp3) is 0.812. The molecule has 0 radical (unpaired) electrons. The van der Waals surface area contributed by atoms with Crippen LogP contribution in [0.3, 0.4) is 0 Å². The number of rotatable bonds is 5. The van der Waals surface area contributed by atoms with Crippen LogP contribution >= 0.6 is 0 Å². The van der Waals surface area contributed by atoms with Crippen LogP contribution in [-0.2, 0) is 16.1 Å². The first-order valence-corrected chi connectivity index (χ1v) is 8.72. The van der Waals surface area contributed by atoms with Gasteiger partial charge in [0.25, 0.3) is 0 Å². The van der Waals surface area contributed by atoms with Gasteiger partial charge in [-0.1, -0.05) is 12.8 Å². The number of aromatic nitrogens is 3. The van der Waals surface area contributed by atoms with E-state index in [0.717, 1.165) is 31.8 Å². The Morgan fingerprint density at radius 3 is 3.00 bits per heavy atom. The maximum atomic E-state index is 12.5. The third-order valence-electron chi connectivity index (χ3n) is 5.00. The molecule has 128 valence electrons. The number of hydrogen-bond acceptors (Lipinski definition) is 5. The zero-order chi connectivity index (χ0) is 16.2. The second kappa shape index (κ2) is 7.40. The van der Waals surface area contributed by atoms with E-state index in [9.17, 15) is 4.79 Å². The molecule has 1 aromatic rings. The summed E-state index contributed by atoms with van der Waals surface area (Å²) >= 11 is 0. The fourth-order valence-corrected chi connectivity index (χ4v) is 3.49. The van der Waals surface area contributed by atoms with Gasteiger partial charge in [-0.15, -0.1) is 10.2 Å². The van der Waals surface area contributed by atoms with Crippen molar-refractivity contribution >= 4 is 5.91 Å². The lowest BCUT2D eigenvalue weighted by Crippen LogP contribution is -2.52. The molecule has 7 heteroatoms. The summed E-state index contributed by atoms with van der Waals surface area (Å²) in [5.74, 6) is 0.982. The van der Waals surface area contributed by atoms with Crippen molar-refractivity contribution in [3.8, 4) is 0 Å². The molecule has 2 heterocycles. The van der Waals surface area contributed by atoms with E-state index >= 15 is 0 Å². The molecule has 1 saturated heterocycles. The maximum absolute atomic E-state index is 12.5. The first-order valence-electron chi connectivity index (χ1n) is 8.72. The molecule has 7 nitrogen and oxygen atoms in total. The van der Waals surface area contributed by atoms with E-state index in [1.807, 2.05) is 11.5 Å². The quantitative estimate of drug-likeness (QED) is 0.880. The highest BCUT2D eigenvalue weighted by Gasteiger charge is 2.31. The standard InChI is InChI=1S/C16H27N5O2/c1-3-20-11-17-19-15(20)14-10-21(8-9-23-14)12(2)16(22)18-13-6-4-5-7-13/h11-14H,3-10H2,1-2H3,(H,18,22). The molecule has 2 aliphatic rings. The van der Waals surface area contributed by atoms with Gasteiger partial charge < -0.3 is 14.6 Å². The predicted molar refractivity (Wildman–Crippen MR) is 85.8 cm³/mol. The third-order valence-corrected chi connectivity index (χ3v) is 5.00. The molecule has 1 N–H and O–H groups in total. The molecule has 1 amide bonds. The molecular weight excluding hydrogens is 294 g/mol. The summed E-state index contributed by atoms with van der Waals surface area (Å²) in [6.07, 6.45) is 6.30. The summed E-state index contributed by atoms with van der Waals surface area (Å²) in [7, 11) is 0. The van der Waals surface area contributed by atoms with Crippen LogP contribution in [-0.4, -0.2) is 57.4 Å². The number of hydrogen-bond donors (Lipinski definition) is 1. The van der Waals surface area contributed by atoms with Gasteiger partial charge in [0.05, 0.1) is 12.6 Å². The SMILES string of the molecule is CCn1cnnc1C1CN(C(C)C(=O)NC2CCCC2)CCO1. The summed E-state index contributed by atoms with van der Waals surface area (Å²) < 4.78 is 7.86. The first-order chi connectivity index (χ1) is 11.2. The Hall–Kier alpha value is -1.47. The van der Waals surface area contributed by atoms with Gasteiger partial charge in [0.15, 0.2) is 5.82 Å². The predicted octanol–water partition coefficient (Wildman–Crippen LogP) is 1.12. The van der Waals surface area contributed by atoms with Crippen molar-refractivity contribution in [1.82, 2.24) is 25.0 Å². The Balaban J connectivity index is 1.60. The summed E-state index contributed by atoms with van der Waals surface area (Å²) in [6, 6.07) is 0.227. The fourth-order valence-electron chi connectivity index (χ4n) is 3.49. The highest BCUT2D eigenvalue weighted by molar-refractivity contribution is 5.81. The first kappa shape index (κ1) is 16.4. The Morgan fingerprint density at radius 1 is 1.48 bits per heavy atom. The van der Waals surface area contributed by atoms with E-state index in [1.54, 1.807) is 6.33 Å². The number of nitrogens with one attached hydrogen (secondary N) is 1. The van der Waals surface area contributed by atoms with E-state index in [1.165, 1.54) is 12.8 Å². The van der Waals surface area contributed by atoms with Crippen LogP contribution in [0.5, 0.6) is 0 Å². The molecular formula is C16H27N5O2. The Bertz CT molecular complexity index is 526. The third kappa shape index (κ3) is 3.72.